The molecule has 0 aromatic heterocycles. The first-order valence-electron chi connectivity index (χ1n) is 9.08. The Balaban J connectivity index is 1.80. The van der Waals surface area contributed by atoms with E-state index >= 15 is 0 Å². The normalized spacial score (nSPS) is 21.3. The van der Waals surface area contributed by atoms with E-state index in [1.165, 1.54) is 6.26 Å². The third kappa shape index (κ3) is 3.85. The summed E-state index contributed by atoms with van der Waals surface area (Å²) in [6, 6.07) is 4.82. The SMILES string of the molecule is COc1ccc2c(c1)OC(C)(C)CN(C(=O)NC(C)C1(S(C)(=O)=O)CC1)C2. The van der Waals surface area contributed by atoms with Crippen LogP contribution in [-0.2, 0) is 16.4 Å². The molecule has 150 valence electrons. The zero-order valence-corrected chi connectivity index (χ0v) is 17.4. The van der Waals surface area contributed by atoms with E-state index in [4.69, 9.17) is 9.47 Å². The number of benzene rings is 1. The first-order valence-corrected chi connectivity index (χ1v) is 11.0. The van der Waals surface area contributed by atoms with Gasteiger partial charge in [0.05, 0.1) is 24.9 Å². The molecule has 1 unspecified atom stereocenters. The third-order valence-corrected chi connectivity index (χ3v) is 7.73. The average molecular weight is 397 g/mol. The van der Waals surface area contributed by atoms with Crippen LogP contribution in [-0.4, -0.2) is 55.6 Å². The summed E-state index contributed by atoms with van der Waals surface area (Å²) in [5.74, 6) is 1.39. The number of carbonyl (C=O) groups is 1. The highest BCUT2D eigenvalue weighted by molar-refractivity contribution is 7.92. The van der Waals surface area contributed by atoms with E-state index < -0.39 is 26.2 Å². The van der Waals surface area contributed by atoms with Gasteiger partial charge < -0.3 is 19.7 Å². The summed E-state index contributed by atoms with van der Waals surface area (Å²) in [5, 5.41) is 2.91. The van der Waals surface area contributed by atoms with Crippen molar-refractivity contribution in [1.29, 1.82) is 0 Å². The van der Waals surface area contributed by atoms with Crippen LogP contribution in [0.25, 0.3) is 0 Å². The van der Waals surface area contributed by atoms with Crippen molar-refractivity contribution >= 4 is 15.9 Å². The van der Waals surface area contributed by atoms with Gasteiger partial charge in [-0.1, -0.05) is 0 Å². The van der Waals surface area contributed by atoms with E-state index in [0.29, 0.717) is 37.4 Å². The lowest BCUT2D eigenvalue weighted by molar-refractivity contribution is 0.0799. The van der Waals surface area contributed by atoms with E-state index in [9.17, 15) is 13.2 Å². The summed E-state index contributed by atoms with van der Waals surface area (Å²) in [6.07, 6.45) is 2.42. The van der Waals surface area contributed by atoms with Crippen LogP contribution in [0.4, 0.5) is 4.79 Å². The van der Waals surface area contributed by atoms with Gasteiger partial charge in [-0.15, -0.1) is 0 Å². The Kier molecular flexibility index (Phi) is 4.82. The quantitative estimate of drug-likeness (QED) is 0.844. The van der Waals surface area contributed by atoms with Gasteiger partial charge >= 0.3 is 6.03 Å². The number of hydrogen-bond acceptors (Lipinski definition) is 5. The van der Waals surface area contributed by atoms with Gasteiger partial charge in [-0.05, 0) is 45.7 Å². The van der Waals surface area contributed by atoms with Crippen molar-refractivity contribution in [1.82, 2.24) is 10.2 Å². The monoisotopic (exact) mass is 396 g/mol. The Morgan fingerprint density at radius 3 is 2.56 bits per heavy atom. The van der Waals surface area contributed by atoms with E-state index in [0.717, 1.165) is 5.56 Å². The van der Waals surface area contributed by atoms with Gasteiger partial charge in [0, 0.05) is 23.9 Å². The predicted octanol–water partition coefficient (Wildman–Crippen LogP) is 2.34. The highest BCUT2D eigenvalue weighted by Crippen LogP contribution is 2.46. The molecule has 1 fully saturated rings. The largest absolute Gasteiger partial charge is 0.497 e. The Morgan fingerprint density at radius 1 is 1.33 bits per heavy atom. The number of nitrogens with zero attached hydrogens (tertiary/aromatic N) is 1. The molecular weight excluding hydrogens is 368 g/mol. The fourth-order valence-electron chi connectivity index (χ4n) is 3.74. The summed E-state index contributed by atoms with van der Waals surface area (Å²) in [6.45, 7) is 6.38. The maximum Gasteiger partial charge on any atom is 0.318 e. The Morgan fingerprint density at radius 2 is 2.00 bits per heavy atom. The molecule has 0 spiro atoms. The molecule has 1 N–H and O–H groups in total. The van der Waals surface area contributed by atoms with Crippen LogP contribution in [0.15, 0.2) is 18.2 Å². The number of ether oxygens (including phenoxy) is 2. The number of hydrogen-bond donors (Lipinski definition) is 1. The zero-order chi connectivity index (χ0) is 20.0. The molecule has 0 saturated heterocycles. The maximum atomic E-state index is 12.9. The minimum absolute atomic E-state index is 0.280. The molecular formula is C19H28N2O5S. The van der Waals surface area contributed by atoms with Gasteiger partial charge in [-0.25, -0.2) is 13.2 Å². The second kappa shape index (κ2) is 6.58. The van der Waals surface area contributed by atoms with Gasteiger partial charge in [0.1, 0.15) is 17.1 Å². The summed E-state index contributed by atoms with van der Waals surface area (Å²) in [4.78, 5) is 14.6. The zero-order valence-electron chi connectivity index (χ0n) is 16.5. The molecule has 27 heavy (non-hydrogen) atoms. The van der Waals surface area contributed by atoms with Crippen molar-refractivity contribution < 1.29 is 22.7 Å². The number of nitrogens with one attached hydrogen (secondary N) is 1. The molecule has 1 heterocycles. The molecule has 0 radical (unpaired) electrons. The van der Waals surface area contributed by atoms with E-state index in [1.54, 1.807) is 18.9 Å². The van der Waals surface area contributed by atoms with Crippen LogP contribution in [0.1, 0.15) is 39.2 Å². The molecule has 3 rings (SSSR count). The molecule has 1 aromatic carbocycles. The molecule has 1 aromatic rings. The van der Waals surface area contributed by atoms with Crippen LogP contribution >= 0.6 is 0 Å². The first kappa shape index (κ1) is 19.8. The van der Waals surface area contributed by atoms with Crippen LogP contribution in [0, 0.1) is 0 Å². The van der Waals surface area contributed by atoms with Gasteiger partial charge in [-0.3, -0.25) is 0 Å². The number of carbonyl (C=O) groups excluding carboxylic acids is 1. The Bertz CT molecular complexity index is 846. The fourth-order valence-corrected chi connectivity index (χ4v) is 5.28. The third-order valence-electron chi connectivity index (χ3n) is 5.49. The van der Waals surface area contributed by atoms with Gasteiger partial charge in [0.15, 0.2) is 9.84 Å². The van der Waals surface area contributed by atoms with Crippen LogP contribution in [0.5, 0.6) is 11.5 Å². The van der Waals surface area contributed by atoms with Crippen molar-refractivity contribution in [3.05, 3.63) is 23.8 Å². The van der Waals surface area contributed by atoms with E-state index in [2.05, 4.69) is 5.32 Å². The molecule has 1 aliphatic heterocycles. The average Bonchev–Trinajstić information content (AvgIpc) is 3.36. The van der Waals surface area contributed by atoms with E-state index in [-0.39, 0.29) is 6.03 Å². The molecule has 1 aliphatic carbocycles. The van der Waals surface area contributed by atoms with E-state index in [1.807, 2.05) is 32.0 Å². The fraction of sp³-hybridized carbons (Fsp3) is 0.632. The highest BCUT2D eigenvalue weighted by Gasteiger charge is 2.56. The van der Waals surface area contributed by atoms with Crippen LogP contribution in [0.2, 0.25) is 0 Å². The van der Waals surface area contributed by atoms with Gasteiger partial charge in [0.25, 0.3) is 0 Å². The van der Waals surface area contributed by atoms with Crippen molar-refractivity contribution in [2.45, 2.75) is 56.5 Å². The lowest BCUT2D eigenvalue weighted by atomic mass is 10.1. The summed E-state index contributed by atoms with van der Waals surface area (Å²) >= 11 is 0. The molecule has 7 nitrogen and oxygen atoms in total. The standard InChI is InChI=1S/C19H28N2O5S/c1-13(19(8-9-19)27(5,23)24)20-17(22)21-11-14-6-7-15(25-4)10-16(14)26-18(2,3)12-21/h6-7,10,13H,8-9,11-12H2,1-5H3,(H,20,22). The smallest absolute Gasteiger partial charge is 0.318 e. The molecule has 0 bridgehead atoms. The molecule has 8 heteroatoms. The Labute approximate surface area is 160 Å². The summed E-state index contributed by atoms with van der Waals surface area (Å²) in [5.41, 5.74) is 0.292. The van der Waals surface area contributed by atoms with Crippen molar-refractivity contribution in [3.8, 4) is 11.5 Å². The first-order chi connectivity index (χ1) is 12.5. The molecule has 2 amide bonds. The number of sulfone groups is 1. The van der Waals surface area contributed by atoms with Crippen molar-refractivity contribution in [3.63, 3.8) is 0 Å². The highest BCUT2D eigenvalue weighted by atomic mass is 32.2. The lowest BCUT2D eigenvalue weighted by Crippen LogP contribution is -2.53. The number of rotatable bonds is 4. The molecule has 2 aliphatic rings. The van der Waals surface area contributed by atoms with Crippen molar-refractivity contribution in [2.75, 3.05) is 19.9 Å². The summed E-state index contributed by atoms with van der Waals surface area (Å²) < 4.78 is 34.7. The van der Waals surface area contributed by atoms with Crippen molar-refractivity contribution in [2.24, 2.45) is 0 Å². The minimum atomic E-state index is -3.23. The van der Waals surface area contributed by atoms with Crippen LogP contribution in [0.3, 0.4) is 0 Å². The van der Waals surface area contributed by atoms with Gasteiger partial charge in [-0.2, -0.15) is 0 Å². The molecule has 1 atom stereocenters. The summed E-state index contributed by atoms with van der Waals surface area (Å²) in [7, 11) is -1.63. The van der Waals surface area contributed by atoms with Crippen LogP contribution < -0.4 is 14.8 Å². The second-order valence-corrected chi connectivity index (χ2v) is 10.6. The number of urea groups is 1. The number of methoxy groups -OCH3 is 1. The molecule has 1 saturated carbocycles. The topological polar surface area (TPSA) is 84.9 Å². The minimum Gasteiger partial charge on any atom is -0.497 e. The number of amides is 2. The second-order valence-electron chi connectivity index (χ2n) is 8.20. The maximum absolute atomic E-state index is 12.9. The Hall–Kier alpha value is -1.96. The number of fused-ring (bicyclic) bond motifs is 1. The lowest BCUT2D eigenvalue weighted by Gasteiger charge is -2.31. The predicted molar refractivity (Wildman–Crippen MR) is 103 cm³/mol. The van der Waals surface area contributed by atoms with Gasteiger partial charge in [0.2, 0.25) is 0 Å².